The summed E-state index contributed by atoms with van der Waals surface area (Å²) in [5, 5.41) is 0. The maximum Gasteiger partial charge on any atom is 0.416 e. The molecule has 40 heavy (non-hydrogen) atoms. The Kier molecular flexibility index (Phi) is 8.32. The summed E-state index contributed by atoms with van der Waals surface area (Å²) in [5.74, 6) is -0.785. The highest BCUT2D eigenvalue weighted by Gasteiger charge is 2.36. The monoisotopic (exact) mass is 584 g/mol. The predicted octanol–water partition coefficient (Wildman–Crippen LogP) is 5.70. The van der Waals surface area contributed by atoms with Crippen molar-refractivity contribution in [1.82, 2.24) is 9.80 Å². The average molecular weight is 585 g/mol. The number of rotatable bonds is 6. The zero-order chi connectivity index (χ0) is 29.3. The van der Waals surface area contributed by atoms with Crippen molar-refractivity contribution in [3.63, 3.8) is 0 Å². The lowest BCUT2D eigenvalue weighted by atomic mass is 9.99. The van der Waals surface area contributed by atoms with Gasteiger partial charge in [-0.15, -0.1) is 0 Å². The summed E-state index contributed by atoms with van der Waals surface area (Å²) in [6.07, 6.45) is -8.50. The van der Waals surface area contributed by atoms with E-state index in [4.69, 9.17) is 0 Å². The van der Waals surface area contributed by atoms with E-state index in [0.717, 1.165) is 30.0 Å². The van der Waals surface area contributed by atoms with Gasteiger partial charge in [0.05, 0.1) is 16.0 Å². The molecule has 1 saturated heterocycles. The van der Waals surface area contributed by atoms with Gasteiger partial charge in [0.25, 0.3) is 5.91 Å². The van der Waals surface area contributed by atoms with Crippen molar-refractivity contribution in [2.75, 3.05) is 25.9 Å². The number of nitrogens with zero attached hydrogens (tertiary/aromatic N) is 2. The van der Waals surface area contributed by atoms with Crippen LogP contribution in [0.3, 0.4) is 0 Å². The molecule has 5 nitrogen and oxygen atoms in total. The van der Waals surface area contributed by atoms with E-state index in [-0.39, 0.29) is 13.0 Å². The quantitative estimate of drug-likeness (QED) is 0.349. The second kappa shape index (κ2) is 11.2. The first-order valence-electron chi connectivity index (χ1n) is 12.3. The Bertz CT molecular complexity index is 1460. The molecule has 1 amide bonds. The number of alkyl halides is 6. The van der Waals surface area contributed by atoms with E-state index < -0.39 is 55.7 Å². The van der Waals surface area contributed by atoms with Crippen LogP contribution in [-0.4, -0.2) is 56.1 Å². The fourth-order valence-corrected chi connectivity index (χ4v) is 5.40. The van der Waals surface area contributed by atoms with Gasteiger partial charge < -0.3 is 4.90 Å². The van der Waals surface area contributed by atoms with Crippen LogP contribution >= 0.6 is 0 Å². The van der Waals surface area contributed by atoms with Crippen molar-refractivity contribution in [3.05, 3.63) is 101 Å². The fourth-order valence-electron chi connectivity index (χ4n) is 4.71. The summed E-state index contributed by atoms with van der Waals surface area (Å²) in [4.78, 5) is 16.4. The lowest BCUT2D eigenvalue weighted by Gasteiger charge is -2.42. The summed E-state index contributed by atoms with van der Waals surface area (Å²) < 4.78 is 104. The van der Waals surface area contributed by atoms with E-state index in [1.807, 2.05) is 30.3 Å². The van der Waals surface area contributed by atoms with Crippen molar-refractivity contribution in [2.24, 2.45) is 0 Å². The van der Waals surface area contributed by atoms with Crippen molar-refractivity contribution >= 4 is 15.7 Å². The highest BCUT2D eigenvalue weighted by molar-refractivity contribution is 7.90. The molecule has 0 bridgehead atoms. The molecule has 0 spiro atoms. The van der Waals surface area contributed by atoms with Gasteiger partial charge in [0.2, 0.25) is 0 Å². The Balaban J connectivity index is 1.67. The normalized spacial score (nSPS) is 17.2. The predicted molar refractivity (Wildman–Crippen MR) is 136 cm³/mol. The molecule has 12 heteroatoms. The number of carbonyl (C=O) groups excluding carboxylic acids is 1. The van der Waals surface area contributed by atoms with Crippen LogP contribution in [0.15, 0.2) is 77.7 Å². The molecule has 0 radical (unpaired) electrons. The number of halogens is 6. The van der Waals surface area contributed by atoms with Crippen LogP contribution in [0.1, 0.15) is 32.6 Å². The van der Waals surface area contributed by atoms with Gasteiger partial charge in [-0.1, -0.05) is 42.5 Å². The Morgan fingerprint density at radius 3 is 2.02 bits per heavy atom. The van der Waals surface area contributed by atoms with Gasteiger partial charge in [-0.05, 0) is 47.9 Å². The van der Waals surface area contributed by atoms with E-state index in [9.17, 15) is 39.6 Å². The van der Waals surface area contributed by atoms with E-state index in [0.29, 0.717) is 37.3 Å². The highest BCUT2D eigenvalue weighted by atomic mass is 32.2. The first-order valence-corrected chi connectivity index (χ1v) is 14.2. The second-order valence-corrected chi connectivity index (χ2v) is 11.8. The number of amides is 1. The molecule has 4 rings (SSSR count). The molecule has 1 fully saturated rings. The smallest absolute Gasteiger partial charge is 0.333 e. The van der Waals surface area contributed by atoms with E-state index in [1.54, 1.807) is 0 Å². The SMILES string of the molecule is CS(=O)(=O)c1cc(C(=O)N2CCN(Cc3ccccc3)CC2Cc2ccc(C(F)(F)F)cc2)cc(C(F)(F)F)c1. The summed E-state index contributed by atoms with van der Waals surface area (Å²) in [7, 11) is -4.06. The number of sulfone groups is 1. The molecule has 1 unspecified atom stereocenters. The summed E-state index contributed by atoms with van der Waals surface area (Å²) in [6, 6.07) is 15.4. The molecule has 1 atom stereocenters. The topological polar surface area (TPSA) is 57.7 Å². The molecule has 3 aromatic rings. The Morgan fingerprint density at radius 2 is 1.45 bits per heavy atom. The van der Waals surface area contributed by atoms with Gasteiger partial charge >= 0.3 is 12.4 Å². The third-order valence-electron chi connectivity index (χ3n) is 6.74. The van der Waals surface area contributed by atoms with Gasteiger partial charge in [-0.3, -0.25) is 9.69 Å². The molecule has 1 aliphatic heterocycles. The maximum absolute atomic E-state index is 13.6. The van der Waals surface area contributed by atoms with E-state index in [2.05, 4.69) is 4.90 Å². The molecule has 0 aliphatic carbocycles. The van der Waals surface area contributed by atoms with Crippen LogP contribution in [0.4, 0.5) is 26.3 Å². The minimum atomic E-state index is -4.89. The van der Waals surface area contributed by atoms with E-state index >= 15 is 0 Å². The van der Waals surface area contributed by atoms with Gasteiger partial charge in [-0.25, -0.2) is 8.42 Å². The van der Waals surface area contributed by atoms with Crippen LogP contribution in [0.2, 0.25) is 0 Å². The Morgan fingerprint density at radius 1 is 0.825 bits per heavy atom. The van der Waals surface area contributed by atoms with Crippen LogP contribution < -0.4 is 0 Å². The number of carbonyl (C=O) groups is 1. The molecule has 0 aromatic heterocycles. The third-order valence-corrected chi connectivity index (χ3v) is 7.83. The summed E-state index contributed by atoms with van der Waals surface area (Å²) in [6.45, 7) is 1.36. The van der Waals surface area contributed by atoms with Crippen molar-refractivity contribution < 1.29 is 39.6 Å². The highest BCUT2D eigenvalue weighted by Crippen LogP contribution is 2.33. The Hall–Kier alpha value is -3.38. The molecular weight excluding hydrogens is 558 g/mol. The van der Waals surface area contributed by atoms with Crippen LogP contribution in [0.5, 0.6) is 0 Å². The number of hydrogen-bond donors (Lipinski definition) is 0. The van der Waals surface area contributed by atoms with Gasteiger partial charge in [-0.2, -0.15) is 26.3 Å². The number of benzene rings is 3. The molecule has 1 aliphatic rings. The largest absolute Gasteiger partial charge is 0.416 e. The average Bonchev–Trinajstić information content (AvgIpc) is 2.88. The van der Waals surface area contributed by atoms with Gasteiger partial charge in [0.1, 0.15) is 0 Å². The lowest BCUT2D eigenvalue weighted by molar-refractivity contribution is -0.138. The zero-order valence-corrected chi connectivity index (χ0v) is 22.2. The molecule has 3 aromatic carbocycles. The summed E-state index contributed by atoms with van der Waals surface area (Å²) >= 11 is 0. The maximum atomic E-state index is 13.6. The Labute approximate surface area is 227 Å². The van der Waals surface area contributed by atoms with Crippen molar-refractivity contribution in [2.45, 2.75) is 36.3 Å². The number of piperazine rings is 1. The van der Waals surface area contributed by atoms with Gasteiger partial charge in [0.15, 0.2) is 9.84 Å². The molecule has 214 valence electrons. The van der Waals surface area contributed by atoms with Crippen LogP contribution in [-0.2, 0) is 35.2 Å². The second-order valence-electron chi connectivity index (χ2n) is 9.79. The zero-order valence-electron chi connectivity index (χ0n) is 21.3. The lowest BCUT2D eigenvalue weighted by Crippen LogP contribution is -2.55. The minimum Gasteiger partial charge on any atom is -0.333 e. The molecule has 1 heterocycles. The van der Waals surface area contributed by atoms with Crippen LogP contribution in [0.25, 0.3) is 0 Å². The summed E-state index contributed by atoms with van der Waals surface area (Å²) in [5.41, 5.74) is -0.995. The number of hydrogen-bond acceptors (Lipinski definition) is 4. The minimum absolute atomic E-state index is 0.126. The first-order chi connectivity index (χ1) is 18.6. The molecule has 0 N–H and O–H groups in total. The first kappa shape index (κ1) is 29.6. The van der Waals surface area contributed by atoms with Crippen LogP contribution in [0, 0.1) is 0 Å². The third kappa shape index (κ3) is 7.22. The molecular formula is C28H26F6N2O3S. The van der Waals surface area contributed by atoms with Gasteiger partial charge in [0, 0.05) is 44.0 Å². The standard InChI is InChI=1S/C28H26F6N2O3S/c1-40(38,39)25-15-21(14-23(16-25)28(32,33)34)26(37)36-12-11-35(17-20-5-3-2-4-6-20)18-24(36)13-19-7-9-22(10-8-19)27(29,30)31/h2-10,14-16,24H,11-13,17-18H2,1H3. The van der Waals surface area contributed by atoms with Crippen molar-refractivity contribution in [1.29, 1.82) is 0 Å². The fraction of sp³-hybridized carbons (Fsp3) is 0.321. The van der Waals surface area contributed by atoms with E-state index in [1.165, 1.54) is 17.0 Å². The van der Waals surface area contributed by atoms with Crippen molar-refractivity contribution in [3.8, 4) is 0 Å². The molecule has 0 saturated carbocycles.